The summed E-state index contributed by atoms with van der Waals surface area (Å²) in [6.07, 6.45) is 1.82. The summed E-state index contributed by atoms with van der Waals surface area (Å²) < 4.78 is 22.8. The van der Waals surface area contributed by atoms with Crippen LogP contribution in [0.1, 0.15) is 36.0 Å². The predicted molar refractivity (Wildman–Crippen MR) is 95.0 cm³/mol. The zero-order valence-corrected chi connectivity index (χ0v) is 15.0. The standard InChI is InChI=1S/C17H21N3O5S/c21-15(9-12-6-8-26(24,25)11-12)18-19-17(23)13-3-1-4-14(10-13)20-7-2-5-16(20)22/h1,3-4,10,12H,2,5-9,11H2,(H,18,21)(H,19,23)/t12-/m0/s1. The minimum absolute atomic E-state index is 0.0142. The molecular weight excluding hydrogens is 358 g/mol. The lowest BCUT2D eigenvalue weighted by Gasteiger charge is -2.16. The fourth-order valence-corrected chi connectivity index (χ4v) is 5.14. The molecule has 0 saturated carbocycles. The van der Waals surface area contributed by atoms with Gasteiger partial charge in [-0.1, -0.05) is 6.07 Å². The molecule has 1 aromatic rings. The van der Waals surface area contributed by atoms with Crippen molar-refractivity contribution in [3.8, 4) is 0 Å². The minimum atomic E-state index is -3.03. The third kappa shape index (κ3) is 4.40. The van der Waals surface area contributed by atoms with Gasteiger partial charge in [0.1, 0.15) is 0 Å². The van der Waals surface area contributed by atoms with Crippen LogP contribution in [0.15, 0.2) is 24.3 Å². The molecule has 3 rings (SSSR count). The largest absolute Gasteiger partial charge is 0.312 e. The van der Waals surface area contributed by atoms with Crippen LogP contribution in [0.3, 0.4) is 0 Å². The molecule has 0 bridgehead atoms. The first kappa shape index (κ1) is 18.4. The van der Waals surface area contributed by atoms with Gasteiger partial charge >= 0.3 is 0 Å². The Labute approximate surface area is 151 Å². The van der Waals surface area contributed by atoms with E-state index in [4.69, 9.17) is 0 Å². The van der Waals surface area contributed by atoms with E-state index in [1.165, 1.54) is 0 Å². The Morgan fingerprint density at radius 2 is 2.04 bits per heavy atom. The number of hydrogen-bond donors (Lipinski definition) is 2. The van der Waals surface area contributed by atoms with Crippen LogP contribution in [0.2, 0.25) is 0 Å². The molecule has 8 nitrogen and oxygen atoms in total. The minimum Gasteiger partial charge on any atom is -0.312 e. The Bertz CT molecular complexity index is 837. The molecule has 0 radical (unpaired) electrons. The maximum Gasteiger partial charge on any atom is 0.269 e. The molecule has 3 amide bonds. The number of nitrogens with one attached hydrogen (secondary N) is 2. The van der Waals surface area contributed by atoms with Crippen LogP contribution in [0, 0.1) is 5.92 Å². The van der Waals surface area contributed by atoms with Crippen molar-refractivity contribution in [1.29, 1.82) is 0 Å². The maximum atomic E-state index is 12.2. The van der Waals surface area contributed by atoms with E-state index in [1.807, 2.05) is 0 Å². The van der Waals surface area contributed by atoms with Gasteiger partial charge in [0.15, 0.2) is 9.84 Å². The number of amides is 3. The normalized spacial score (nSPS) is 21.6. The van der Waals surface area contributed by atoms with E-state index in [2.05, 4.69) is 10.9 Å². The highest BCUT2D eigenvalue weighted by Gasteiger charge is 2.29. The average Bonchev–Trinajstić information content (AvgIpc) is 3.17. The van der Waals surface area contributed by atoms with E-state index in [9.17, 15) is 22.8 Å². The van der Waals surface area contributed by atoms with E-state index < -0.39 is 21.7 Å². The van der Waals surface area contributed by atoms with Crippen molar-refractivity contribution in [1.82, 2.24) is 10.9 Å². The molecule has 2 heterocycles. The smallest absolute Gasteiger partial charge is 0.269 e. The van der Waals surface area contributed by atoms with Crippen LogP contribution in [0.4, 0.5) is 5.69 Å². The van der Waals surface area contributed by atoms with Crippen LogP contribution in [0.5, 0.6) is 0 Å². The second-order valence-corrected chi connectivity index (χ2v) is 8.90. The molecule has 0 spiro atoms. The highest BCUT2D eigenvalue weighted by atomic mass is 32.2. The lowest BCUT2D eigenvalue weighted by Crippen LogP contribution is -2.42. The van der Waals surface area contributed by atoms with Crippen LogP contribution < -0.4 is 15.8 Å². The first-order valence-corrected chi connectivity index (χ1v) is 10.4. The number of sulfone groups is 1. The second kappa shape index (κ2) is 7.45. The topological polar surface area (TPSA) is 113 Å². The molecule has 1 aromatic carbocycles. The lowest BCUT2D eigenvalue weighted by atomic mass is 10.1. The maximum absolute atomic E-state index is 12.2. The molecule has 26 heavy (non-hydrogen) atoms. The van der Waals surface area contributed by atoms with Crippen molar-refractivity contribution < 1.29 is 22.8 Å². The van der Waals surface area contributed by atoms with Crippen molar-refractivity contribution in [2.45, 2.75) is 25.7 Å². The van der Waals surface area contributed by atoms with Crippen LogP contribution in [-0.2, 0) is 19.4 Å². The van der Waals surface area contributed by atoms with Gasteiger partial charge in [-0.3, -0.25) is 25.2 Å². The fourth-order valence-electron chi connectivity index (χ4n) is 3.28. The van der Waals surface area contributed by atoms with Crippen molar-refractivity contribution in [2.75, 3.05) is 23.0 Å². The summed E-state index contributed by atoms with van der Waals surface area (Å²) in [5.74, 6) is -0.972. The van der Waals surface area contributed by atoms with E-state index in [0.717, 1.165) is 6.42 Å². The molecule has 2 aliphatic rings. The van der Waals surface area contributed by atoms with Crippen LogP contribution in [-0.4, -0.2) is 44.2 Å². The van der Waals surface area contributed by atoms with E-state index in [1.54, 1.807) is 29.2 Å². The van der Waals surface area contributed by atoms with Gasteiger partial charge in [-0.2, -0.15) is 0 Å². The number of benzene rings is 1. The molecule has 2 aliphatic heterocycles. The lowest BCUT2D eigenvalue weighted by molar-refractivity contribution is -0.122. The molecule has 2 fully saturated rings. The van der Waals surface area contributed by atoms with Crippen LogP contribution >= 0.6 is 0 Å². The first-order valence-electron chi connectivity index (χ1n) is 8.54. The molecule has 0 unspecified atom stereocenters. The van der Waals surface area contributed by atoms with Gasteiger partial charge in [-0.05, 0) is 37.0 Å². The van der Waals surface area contributed by atoms with Crippen molar-refractivity contribution in [3.63, 3.8) is 0 Å². The number of anilines is 1. The van der Waals surface area contributed by atoms with Gasteiger partial charge in [0, 0.05) is 30.6 Å². The predicted octanol–water partition coefficient (Wildman–Crippen LogP) is 0.399. The second-order valence-electron chi connectivity index (χ2n) is 6.67. The zero-order chi connectivity index (χ0) is 18.7. The Morgan fingerprint density at radius 1 is 1.23 bits per heavy atom. The van der Waals surface area contributed by atoms with Gasteiger partial charge in [0.25, 0.3) is 5.91 Å². The van der Waals surface area contributed by atoms with Crippen molar-refractivity contribution >= 4 is 33.2 Å². The van der Waals surface area contributed by atoms with Gasteiger partial charge in [-0.15, -0.1) is 0 Å². The number of carbonyl (C=O) groups excluding carboxylic acids is 3. The van der Waals surface area contributed by atoms with Crippen molar-refractivity contribution in [3.05, 3.63) is 29.8 Å². The molecule has 2 N–H and O–H groups in total. The summed E-state index contributed by atoms with van der Waals surface area (Å²) in [7, 11) is -3.03. The van der Waals surface area contributed by atoms with Crippen molar-refractivity contribution in [2.24, 2.45) is 5.92 Å². The summed E-state index contributed by atoms with van der Waals surface area (Å²) in [5, 5.41) is 0. The molecule has 0 aromatic heterocycles. The fraction of sp³-hybridized carbons (Fsp3) is 0.471. The summed E-state index contributed by atoms with van der Waals surface area (Å²) in [4.78, 5) is 37.5. The van der Waals surface area contributed by atoms with Gasteiger partial charge in [0.2, 0.25) is 11.8 Å². The molecule has 0 aliphatic carbocycles. The number of hydrazine groups is 1. The first-order chi connectivity index (χ1) is 12.3. The van der Waals surface area contributed by atoms with Gasteiger partial charge in [0.05, 0.1) is 11.5 Å². The third-order valence-electron chi connectivity index (χ3n) is 4.61. The molecule has 2 saturated heterocycles. The van der Waals surface area contributed by atoms with Gasteiger partial charge in [-0.25, -0.2) is 8.42 Å². The molecule has 140 valence electrons. The summed E-state index contributed by atoms with van der Waals surface area (Å²) >= 11 is 0. The zero-order valence-electron chi connectivity index (χ0n) is 14.2. The van der Waals surface area contributed by atoms with Gasteiger partial charge < -0.3 is 4.90 Å². The SMILES string of the molecule is O=C(C[C@@H]1CCS(=O)(=O)C1)NNC(=O)c1cccc(N2CCCC2=O)c1. The Kier molecular flexibility index (Phi) is 5.26. The quantitative estimate of drug-likeness (QED) is 0.736. The van der Waals surface area contributed by atoms with E-state index in [0.29, 0.717) is 30.6 Å². The Morgan fingerprint density at radius 3 is 2.69 bits per heavy atom. The third-order valence-corrected chi connectivity index (χ3v) is 6.45. The number of nitrogens with zero attached hydrogens (tertiary/aromatic N) is 1. The highest BCUT2D eigenvalue weighted by Crippen LogP contribution is 2.22. The number of hydrogen-bond acceptors (Lipinski definition) is 5. The number of carbonyl (C=O) groups is 3. The van der Waals surface area contributed by atoms with E-state index in [-0.39, 0.29) is 29.8 Å². The molecular formula is C17H21N3O5S. The number of rotatable bonds is 4. The Hall–Kier alpha value is -2.42. The average molecular weight is 379 g/mol. The monoisotopic (exact) mass is 379 g/mol. The Balaban J connectivity index is 1.53. The summed E-state index contributed by atoms with van der Waals surface area (Å²) in [5.41, 5.74) is 5.63. The summed E-state index contributed by atoms with van der Waals surface area (Å²) in [6, 6.07) is 6.64. The highest BCUT2D eigenvalue weighted by molar-refractivity contribution is 7.91. The van der Waals surface area contributed by atoms with E-state index >= 15 is 0 Å². The molecule has 1 atom stereocenters. The summed E-state index contributed by atoms with van der Waals surface area (Å²) in [6.45, 7) is 0.630. The molecule has 9 heteroatoms. The van der Waals surface area contributed by atoms with Crippen LogP contribution in [0.25, 0.3) is 0 Å².